The minimum atomic E-state index is -0.489. The molecule has 38 heavy (non-hydrogen) atoms. The maximum Gasteiger partial charge on any atom is 0.266 e. The molecule has 0 atom stereocenters. The van der Waals surface area contributed by atoms with Crippen LogP contribution in [0.3, 0.4) is 0 Å². The van der Waals surface area contributed by atoms with Gasteiger partial charge in [-0.1, -0.05) is 54.6 Å². The van der Waals surface area contributed by atoms with Gasteiger partial charge in [0.05, 0.1) is 4.47 Å². The highest BCUT2D eigenvalue weighted by Crippen LogP contribution is 2.28. The zero-order chi connectivity index (χ0) is 26.9. The lowest BCUT2D eigenvalue weighted by Gasteiger charge is -2.11. The number of aryl methyl sites for hydroxylation is 2. The van der Waals surface area contributed by atoms with Crippen molar-refractivity contribution in [2.45, 2.75) is 27.1 Å². The lowest BCUT2D eigenvalue weighted by Crippen LogP contribution is -2.13. The van der Waals surface area contributed by atoms with Crippen LogP contribution in [0.5, 0.6) is 11.5 Å². The van der Waals surface area contributed by atoms with E-state index in [0.717, 1.165) is 15.6 Å². The molecule has 4 aromatic carbocycles. The summed E-state index contributed by atoms with van der Waals surface area (Å²) in [6.07, 6.45) is 1.55. The van der Waals surface area contributed by atoms with E-state index >= 15 is 0 Å². The topological polar surface area (TPSA) is 71.3 Å². The second-order valence-corrected chi connectivity index (χ2v) is 9.67. The number of nitrogens with zero attached hydrogens (tertiary/aromatic N) is 1. The molecule has 0 saturated heterocycles. The number of amides is 1. The van der Waals surface area contributed by atoms with Crippen molar-refractivity contribution in [1.82, 2.24) is 0 Å². The molecule has 0 fully saturated rings. The molecule has 0 bridgehead atoms. The molecule has 0 aliphatic carbocycles. The SMILES string of the molecule is Cc1ccc(COc2ccc(/C=C(\C#N)C(=O)Nc3ccc(OCc4ccccc4)cc3)cc2Br)cc1C. The third-order valence-electron chi connectivity index (χ3n) is 5.96. The molecule has 0 aliphatic rings. The summed E-state index contributed by atoms with van der Waals surface area (Å²) in [4.78, 5) is 12.7. The second-order valence-electron chi connectivity index (χ2n) is 8.82. The Kier molecular flexibility index (Phi) is 8.97. The van der Waals surface area contributed by atoms with Gasteiger partial charge >= 0.3 is 0 Å². The Labute approximate surface area is 231 Å². The van der Waals surface area contributed by atoms with Crippen LogP contribution < -0.4 is 14.8 Å². The van der Waals surface area contributed by atoms with Gasteiger partial charge in [0.15, 0.2) is 0 Å². The van der Waals surface area contributed by atoms with Crippen LogP contribution in [0.2, 0.25) is 0 Å². The summed E-state index contributed by atoms with van der Waals surface area (Å²) in [6, 6.07) is 30.6. The summed E-state index contributed by atoms with van der Waals surface area (Å²) in [5, 5.41) is 12.4. The van der Waals surface area contributed by atoms with E-state index in [1.54, 1.807) is 30.3 Å². The zero-order valence-electron chi connectivity index (χ0n) is 21.2. The van der Waals surface area contributed by atoms with Gasteiger partial charge in [-0.25, -0.2) is 0 Å². The van der Waals surface area contributed by atoms with Crippen LogP contribution >= 0.6 is 15.9 Å². The summed E-state index contributed by atoms with van der Waals surface area (Å²) in [6.45, 7) is 5.06. The standard InChI is InChI=1S/C32H27BrN2O3/c1-22-8-9-26(16-23(22)2)21-38-31-15-10-25(18-30(31)33)17-27(19-34)32(36)35-28-11-13-29(14-12-28)37-20-24-6-4-3-5-7-24/h3-18H,20-21H2,1-2H3,(H,35,36)/b27-17+. The summed E-state index contributed by atoms with van der Waals surface area (Å²) >= 11 is 3.53. The minimum Gasteiger partial charge on any atom is -0.489 e. The van der Waals surface area contributed by atoms with E-state index in [1.165, 1.54) is 11.1 Å². The van der Waals surface area contributed by atoms with E-state index in [2.05, 4.69) is 53.3 Å². The number of rotatable bonds is 9. The number of anilines is 1. The van der Waals surface area contributed by atoms with Gasteiger partial charge in [0, 0.05) is 5.69 Å². The number of halogens is 1. The van der Waals surface area contributed by atoms with E-state index in [4.69, 9.17) is 9.47 Å². The largest absolute Gasteiger partial charge is 0.489 e. The van der Waals surface area contributed by atoms with E-state index in [-0.39, 0.29) is 5.57 Å². The van der Waals surface area contributed by atoms with E-state index < -0.39 is 5.91 Å². The van der Waals surface area contributed by atoms with E-state index in [0.29, 0.717) is 36.0 Å². The summed E-state index contributed by atoms with van der Waals surface area (Å²) in [5.74, 6) is 0.877. The third-order valence-corrected chi connectivity index (χ3v) is 6.58. The lowest BCUT2D eigenvalue weighted by atomic mass is 10.1. The van der Waals surface area contributed by atoms with Crippen LogP contribution in [0.15, 0.2) is 101 Å². The molecule has 1 amide bonds. The number of hydrogen-bond donors (Lipinski definition) is 1. The van der Waals surface area contributed by atoms with Crippen molar-refractivity contribution in [3.63, 3.8) is 0 Å². The van der Waals surface area contributed by atoms with Crippen molar-refractivity contribution in [3.8, 4) is 17.6 Å². The Morgan fingerprint density at radius 3 is 2.29 bits per heavy atom. The fraction of sp³-hybridized carbons (Fsp3) is 0.125. The predicted molar refractivity (Wildman–Crippen MR) is 154 cm³/mol. The molecule has 0 spiro atoms. The predicted octanol–water partition coefficient (Wildman–Crippen LogP) is 7.77. The number of ether oxygens (including phenoxy) is 2. The quantitative estimate of drug-likeness (QED) is 0.166. The Balaban J connectivity index is 1.36. The van der Waals surface area contributed by atoms with Crippen molar-refractivity contribution in [3.05, 3.63) is 129 Å². The average Bonchev–Trinajstić information content (AvgIpc) is 2.93. The first-order valence-electron chi connectivity index (χ1n) is 12.1. The van der Waals surface area contributed by atoms with Crippen molar-refractivity contribution in [2.24, 2.45) is 0 Å². The van der Waals surface area contributed by atoms with Crippen molar-refractivity contribution >= 4 is 33.6 Å². The molecule has 0 saturated carbocycles. The lowest BCUT2D eigenvalue weighted by molar-refractivity contribution is -0.112. The maximum atomic E-state index is 12.7. The number of carbonyl (C=O) groups excluding carboxylic acids is 1. The number of carbonyl (C=O) groups is 1. The third kappa shape index (κ3) is 7.34. The fourth-order valence-corrected chi connectivity index (χ4v) is 4.18. The Bertz CT molecular complexity index is 1490. The van der Waals surface area contributed by atoms with E-state index in [9.17, 15) is 10.1 Å². The summed E-state index contributed by atoms with van der Waals surface area (Å²) in [5.41, 5.74) is 5.88. The molecule has 1 N–H and O–H groups in total. The maximum absolute atomic E-state index is 12.7. The van der Waals surface area contributed by atoms with Crippen molar-refractivity contribution in [2.75, 3.05) is 5.32 Å². The van der Waals surface area contributed by atoms with Crippen LogP contribution in [0.25, 0.3) is 6.08 Å². The van der Waals surface area contributed by atoms with Crippen molar-refractivity contribution in [1.29, 1.82) is 5.26 Å². The van der Waals surface area contributed by atoms with Gasteiger partial charge in [-0.05, 0) is 100 Å². The molecule has 4 aromatic rings. The highest BCUT2D eigenvalue weighted by Gasteiger charge is 2.11. The van der Waals surface area contributed by atoms with Crippen LogP contribution in [-0.2, 0) is 18.0 Å². The normalized spacial score (nSPS) is 10.9. The minimum absolute atomic E-state index is 0.00916. The van der Waals surface area contributed by atoms with E-state index in [1.807, 2.05) is 54.6 Å². The summed E-state index contributed by atoms with van der Waals surface area (Å²) in [7, 11) is 0. The molecule has 0 heterocycles. The van der Waals surface area contributed by atoms with Gasteiger partial charge < -0.3 is 14.8 Å². The van der Waals surface area contributed by atoms with Crippen LogP contribution in [0, 0.1) is 25.2 Å². The molecule has 4 rings (SSSR count). The first-order valence-corrected chi connectivity index (χ1v) is 12.9. The average molecular weight is 567 g/mol. The summed E-state index contributed by atoms with van der Waals surface area (Å²) < 4.78 is 12.5. The smallest absolute Gasteiger partial charge is 0.266 e. The van der Waals surface area contributed by atoms with Gasteiger partial charge in [-0.2, -0.15) is 5.26 Å². The van der Waals surface area contributed by atoms with Crippen LogP contribution in [0.1, 0.15) is 27.8 Å². The molecular formula is C32H27BrN2O3. The second kappa shape index (κ2) is 12.8. The first kappa shape index (κ1) is 26.7. The zero-order valence-corrected chi connectivity index (χ0v) is 22.8. The fourth-order valence-electron chi connectivity index (χ4n) is 3.67. The molecule has 0 aromatic heterocycles. The highest BCUT2D eigenvalue weighted by molar-refractivity contribution is 9.10. The van der Waals surface area contributed by atoms with Crippen LogP contribution in [0.4, 0.5) is 5.69 Å². The number of benzene rings is 4. The molecule has 6 heteroatoms. The highest BCUT2D eigenvalue weighted by atomic mass is 79.9. The number of nitriles is 1. The van der Waals surface area contributed by atoms with Crippen molar-refractivity contribution < 1.29 is 14.3 Å². The molecular weight excluding hydrogens is 540 g/mol. The van der Waals surface area contributed by atoms with Crippen LogP contribution in [-0.4, -0.2) is 5.91 Å². The molecule has 0 radical (unpaired) electrons. The molecule has 190 valence electrons. The number of nitrogens with one attached hydrogen (secondary N) is 1. The Morgan fingerprint density at radius 1 is 0.868 bits per heavy atom. The van der Waals surface area contributed by atoms with Gasteiger partial charge in [0.1, 0.15) is 36.4 Å². The molecule has 0 aliphatic heterocycles. The Hall–Kier alpha value is -4.34. The number of hydrogen-bond acceptors (Lipinski definition) is 4. The molecule has 0 unspecified atom stereocenters. The molecule has 5 nitrogen and oxygen atoms in total. The Morgan fingerprint density at radius 2 is 1.61 bits per heavy atom. The monoisotopic (exact) mass is 566 g/mol. The van der Waals surface area contributed by atoms with Gasteiger partial charge in [0.2, 0.25) is 0 Å². The first-order chi connectivity index (χ1) is 18.4. The van der Waals surface area contributed by atoms with Gasteiger partial charge in [-0.3, -0.25) is 4.79 Å². The van der Waals surface area contributed by atoms with Gasteiger partial charge in [-0.15, -0.1) is 0 Å². The van der Waals surface area contributed by atoms with Gasteiger partial charge in [0.25, 0.3) is 5.91 Å².